The number of ether oxygens (including phenoxy) is 1. The minimum atomic E-state index is 0.211. The van der Waals surface area contributed by atoms with Gasteiger partial charge in [0.05, 0.1) is 3.57 Å². The van der Waals surface area contributed by atoms with Crippen LogP contribution >= 0.6 is 22.6 Å². The van der Waals surface area contributed by atoms with Gasteiger partial charge in [-0.1, -0.05) is 31.2 Å². The molecule has 0 heterocycles. The number of halogens is 1. The van der Waals surface area contributed by atoms with Crippen LogP contribution in [0.3, 0.4) is 0 Å². The highest BCUT2D eigenvalue weighted by Gasteiger charge is 2.08. The number of hydrogen-bond acceptors (Lipinski definition) is 2. The predicted molar refractivity (Wildman–Crippen MR) is 92.4 cm³/mol. The van der Waals surface area contributed by atoms with Crippen LogP contribution in [0.4, 0.5) is 0 Å². The zero-order chi connectivity index (χ0) is 14.5. The average Bonchev–Trinajstić information content (AvgIpc) is 2.44. The molecular formula is C17H20INO. The van der Waals surface area contributed by atoms with Gasteiger partial charge in [-0.15, -0.1) is 0 Å². The topological polar surface area (TPSA) is 35.2 Å². The highest BCUT2D eigenvalue weighted by atomic mass is 127. The third-order valence-corrected chi connectivity index (χ3v) is 4.22. The minimum Gasteiger partial charge on any atom is -0.456 e. The van der Waals surface area contributed by atoms with Crippen LogP contribution in [0, 0.1) is 10.5 Å². The number of para-hydroxylation sites is 1. The third-order valence-electron chi connectivity index (χ3n) is 3.33. The average molecular weight is 381 g/mol. The van der Waals surface area contributed by atoms with E-state index in [-0.39, 0.29) is 6.04 Å². The van der Waals surface area contributed by atoms with E-state index in [1.54, 1.807) is 0 Å². The van der Waals surface area contributed by atoms with Crippen LogP contribution in [-0.4, -0.2) is 6.04 Å². The molecule has 0 bridgehead atoms. The van der Waals surface area contributed by atoms with Crippen LogP contribution in [-0.2, 0) is 6.42 Å². The van der Waals surface area contributed by atoms with Gasteiger partial charge in [-0.25, -0.2) is 0 Å². The molecule has 1 atom stereocenters. The van der Waals surface area contributed by atoms with E-state index in [0.29, 0.717) is 0 Å². The first-order valence-corrected chi connectivity index (χ1v) is 7.95. The summed E-state index contributed by atoms with van der Waals surface area (Å²) in [5, 5.41) is 0. The quantitative estimate of drug-likeness (QED) is 0.764. The summed E-state index contributed by atoms with van der Waals surface area (Å²) < 4.78 is 7.16. The summed E-state index contributed by atoms with van der Waals surface area (Å²) in [6.45, 7) is 4.18. The molecule has 1 unspecified atom stereocenters. The maximum atomic E-state index is 6.05. The summed E-state index contributed by atoms with van der Waals surface area (Å²) >= 11 is 2.29. The molecular weight excluding hydrogens is 361 g/mol. The van der Waals surface area contributed by atoms with Crippen molar-refractivity contribution in [2.24, 2.45) is 5.73 Å². The normalized spacial score (nSPS) is 12.2. The van der Waals surface area contributed by atoms with E-state index in [1.165, 1.54) is 5.56 Å². The molecule has 0 saturated heterocycles. The Morgan fingerprint density at radius 1 is 1.15 bits per heavy atom. The van der Waals surface area contributed by atoms with E-state index in [4.69, 9.17) is 10.5 Å². The highest BCUT2D eigenvalue weighted by Crippen LogP contribution is 2.29. The molecule has 2 nitrogen and oxygen atoms in total. The fourth-order valence-electron chi connectivity index (χ4n) is 1.97. The zero-order valence-electron chi connectivity index (χ0n) is 11.9. The summed E-state index contributed by atoms with van der Waals surface area (Å²) in [5.41, 5.74) is 8.39. The molecule has 106 valence electrons. The lowest BCUT2D eigenvalue weighted by molar-refractivity contribution is 0.474. The monoisotopic (exact) mass is 381 g/mol. The second kappa shape index (κ2) is 7.09. The van der Waals surface area contributed by atoms with Crippen LogP contribution in [0.15, 0.2) is 42.5 Å². The first kappa shape index (κ1) is 15.3. The Morgan fingerprint density at radius 3 is 2.60 bits per heavy atom. The Hall–Kier alpha value is -1.07. The van der Waals surface area contributed by atoms with E-state index in [0.717, 1.165) is 33.5 Å². The van der Waals surface area contributed by atoms with Gasteiger partial charge >= 0.3 is 0 Å². The molecule has 0 amide bonds. The molecule has 0 saturated carbocycles. The van der Waals surface area contributed by atoms with Crippen LogP contribution < -0.4 is 10.5 Å². The fraction of sp³-hybridized carbons (Fsp3) is 0.294. The van der Waals surface area contributed by atoms with E-state index >= 15 is 0 Å². The van der Waals surface area contributed by atoms with Gasteiger partial charge in [0.15, 0.2) is 0 Å². The van der Waals surface area contributed by atoms with Crippen molar-refractivity contribution in [1.29, 1.82) is 0 Å². The third kappa shape index (κ3) is 3.96. The van der Waals surface area contributed by atoms with Crippen LogP contribution in [0.1, 0.15) is 24.5 Å². The summed E-state index contributed by atoms with van der Waals surface area (Å²) in [4.78, 5) is 0. The summed E-state index contributed by atoms with van der Waals surface area (Å²) in [6.07, 6.45) is 1.87. The summed E-state index contributed by atoms with van der Waals surface area (Å²) in [5.74, 6) is 1.81. The second-order valence-corrected chi connectivity index (χ2v) is 6.17. The summed E-state index contributed by atoms with van der Waals surface area (Å²) in [7, 11) is 0. The van der Waals surface area contributed by atoms with Gasteiger partial charge in [0, 0.05) is 6.04 Å². The molecule has 2 N–H and O–H groups in total. The van der Waals surface area contributed by atoms with E-state index in [2.05, 4.69) is 54.6 Å². The molecule has 0 aromatic heterocycles. The molecule has 0 fully saturated rings. The van der Waals surface area contributed by atoms with Crippen LogP contribution in [0.25, 0.3) is 0 Å². The molecule has 0 aliphatic heterocycles. The van der Waals surface area contributed by atoms with Crippen molar-refractivity contribution in [2.45, 2.75) is 32.7 Å². The second-order valence-electron chi connectivity index (χ2n) is 5.00. The van der Waals surface area contributed by atoms with Crippen molar-refractivity contribution < 1.29 is 4.74 Å². The molecule has 2 aromatic rings. The fourth-order valence-corrected chi connectivity index (χ4v) is 2.47. The Kier molecular flexibility index (Phi) is 5.43. The molecule has 0 aliphatic rings. The largest absolute Gasteiger partial charge is 0.456 e. The molecule has 0 radical (unpaired) electrons. The molecule has 3 heteroatoms. The van der Waals surface area contributed by atoms with Crippen molar-refractivity contribution in [3.63, 3.8) is 0 Å². The zero-order valence-corrected chi connectivity index (χ0v) is 14.1. The van der Waals surface area contributed by atoms with E-state index in [9.17, 15) is 0 Å². The number of rotatable bonds is 5. The van der Waals surface area contributed by atoms with E-state index in [1.807, 2.05) is 24.3 Å². The number of nitrogens with two attached hydrogens (primary N) is 1. The lowest BCUT2D eigenvalue weighted by atomic mass is 10.0. The van der Waals surface area contributed by atoms with Crippen molar-refractivity contribution in [1.82, 2.24) is 0 Å². The smallest absolute Gasteiger partial charge is 0.140 e. The molecule has 2 aromatic carbocycles. The standard InChI is InChI=1S/C17H20INO/c1-3-14(19)10-13-9-8-12(2)17(11-13)20-16-7-5-4-6-15(16)18/h4-9,11,14H,3,10,19H2,1-2H3. The molecule has 0 aliphatic carbocycles. The highest BCUT2D eigenvalue weighted by molar-refractivity contribution is 14.1. The lowest BCUT2D eigenvalue weighted by Crippen LogP contribution is -2.21. The molecule has 20 heavy (non-hydrogen) atoms. The van der Waals surface area contributed by atoms with E-state index < -0.39 is 0 Å². The van der Waals surface area contributed by atoms with Crippen molar-refractivity contribution in [2.75, 3.05) is 0 Å². The molecule has 2 rings (SSSR count). The first-order chi connectivity index (χ1) is 9.60. The Bertz CT molecular complexity index is 583. The van der Waals surface area contributed by atoms with Crippen LogP contribution in [0.2, 0.25) is 0 Å². The van der Waals surface area contributed by atoms with Gasteiger partial charge in [0.1, 0.15) is 11.5 Å². The van der Waals surface area contributed by atoms with Gasteiger partial charge in [-0.3, -0.25) is 0 Å². The molecule has 0 spiro atoms. The summed E-state index contributed by atoms with van der Waals surface area (Å²) in [6, 6.07) is 14.6. The number of aryl methyl sites for hydroxylation is 1. The van der Waals surface area contributed by atoms with Gasteiger partial charge in [0.2, 0.25) is 0 Å². The predicted octanol–water partition coefficient (Wildman–Crippen LogP) is 4.67. The Balaban J connectivity index is 2.23. The minimum absolute atomic E-state index is 0.211. The van der Waals surface area contributed by atoms with Gasteiger partial charge in [0.25, 0.3) is 0 Å². The van der Waals surface area contributed by atoms with Gasteiger partial charge in [-0.2, -0.15) is 0 Å². The lowest BCUT2D eigenvalue weighted by Gasteiger charge is -2.13. The van der Waals surface area contributed by atoms with Gasteiger partial charge < -0.3 is 10.5 Å². The number of hydrogen-bond donors (Lipinski definition) is 1. The Morgan fingerprint density at radius 2 is 1.90 bits per heavy atom. The maximum absolute atomic E-state index is 6.05. The SMILES string of the molecule is CCC(N)Cc1ccc(C)c(Oc2ccccc2I)c1. The Labute approximate surface area is 134 Å². The van der Waals surface area contributed by atoms with Crippen molar-refractivity contribution in [3.05, 3.63) is 57.2 Å². The first-order valence-electron chi connectivity index (χ1n) is 6.87. The van der Waals surface area contributed by atoms with Crippen molar-refractivity contribution >= 4 is 22.6 Å². The van der Waals surface area contributed by atoms with Crippen molar-refractivity contribution in [3.8, 4) is 11.5 Å². The number of benzene rings is 2. The van der Waals surface area contributed by atoms with Crippen LogP contribution in [0.5, 0.6) is 11.5 Å². The van der Waals surface area contributed by atoms with Gasteiger partial charge in [-0.05, 0) is 71.7 Å². The maximum Gasteiger partial charge on any atom is 0.140 e.